The topological polar surface area (TPSA) is 74.0 Å². The van der Waals surface area contributed by atoms with Crippen LogP contribution in [0.5, 0.6) is 0 Å². The van der Waals surface area contributed by atoms with Crippen molar-refractivity contribution < 1.29 is 9.90 Å². The Morgan fingerprint density at radius 3 is 3.00 bits per heavy atom. The molecule has 5 heteroatoms. The average molecular weight is 221 g/mol. The lowest BCUT2D eigenvalue weighted by Gasteiger charge is -1.96. The van der Waals surface area contributed by atoms with Gasteiger partial charge in [-0.25, -0.2) is 9.78 Å². The molecule has 0 aliphatic carbocycles. The summed E-state index contributed by atoms with van der Waals surface area (Å²) >= 11 is 5.69. The van der Waals surface area contributed by atoms with Crippen molar-refractivity contribution in [3.63, 3.8) is 0 Å². The Kier molecular flexibility index (Phi) is 3.68. The minimum Gasteiger partial charge on any atom is -0.478 e. The Morgan fingerprint density at radius 1 is 1.67 bits per heavy atom. The van der Waals surface area contributed by atoms with Crippen molar-refractivity contribution in [3.8, 4) is 17.9 Å². The normalized spacial score (nSPS) is 8.53. The molecule has 1 heterocycles. The molecule has 1 aromatic rings. The van der Waals surface area contributed by atoms with Gasteiger partial charge in [0.2, 0.25) is 0 Å². The van der Waals surface area contributed by atoms with Crippen LogP contribution in [0.1, 0.15) is 22.3 Å². The second-order valence-electron chi connectivity index (χ2n) is 2.50. The van der Waals surface area contributed by atoms with Gasteiger partial charge in [-0.15, -0.1) is 0 Å². The summed E-state index contributed by atoms with van der Waals surface area (Å²) in [6.07, 6.45) is 1.22. The summed E-state index contributed by atoms with van der Waals surface area (Å²) in [6.45, 7) is 0. The van der Waals surface area contributed by atoms with Crippen molar-refractivity contribution >= 4 is 17.6 Å². The van der Waals surface area contributed by atoms with Gasteiger partial charge in [-0.1, -0.05) is 23.4 Å². The molecule has 0 amide bonds. The fourth-order valence-electron chi connectivity index (χ4n) is 0.832. The van der Waals surface area contributed by atoms with Crippen molar-refractivity contribution in [3.05, 3.63) is 28.5 Å². The molecule has 0 atom stereocenters. The molecule has 4 nitrogen and oxygen atoms in total. The van der Waals surface area contributed by atoms with E-state index in [1.807, 2.05) is 6.07 Å². The van der Waals surface area contributed by atoms with Gasteiger partial charge in [0.05, 0.1) is 23.6 Å². The van der Waals surface area contributed by atoms with Crippen LogP contribution in [0.2, 0.25) is 5.15 Å². The molecule has 0 unspecified atom stereocenters. The first-order chi connectivity index (χ1) is 7.15. The highest BCUT2D eigenvalue weighted by Gasteiger charge is 2.06. The van der Waals surface area contributed by atoms with Crippen molar-refractivity contribution in [2.45, 2.75) is 6.42 Å². The SMILES string of the molecule is N#CCC#Cc1cc(C(=O)O)cnc1Cl. The van der Waals surface area contributed by atoms with Gasteiger partial charge in [-0.2, -0.15) is 5.26 Å². The summed E-state index contributed by atoms with van der Waals surface area (Å²) in [5.74, 6) is 4.01. The average Bonchev–Trinajstić information content (AvgIpc) is 2.20. The molecule has 0 saturated carbocycles. The van der Waals surface area contributed by atoms with Crippen LogP contribution in [-0.2, 0) is 0 Å². The Morgan fingerprint density at radius 2 is 2.40 bits per heavy atom. The van der Waals surface area contributed by atoms with Crippen molar-refractivity contribution in [2.75, 3.05) is 0 Å². The maximum absolute atomic E-state index is 10.6. The molecule has 1 rings (SSSR count). The van der Waals surface area contributed by atoms with Crippen LogP contribution in [0.4, 0.5) is 0 Å². The molecule has 0 bridgehead atoms. The minimum atomic E-state index is -1.09. The van der Waals surface area contributed by atoms with Gasteiger partial charge in [0.15, 0.2) is 0 Å². The minimum absolute atomic E-state index is 0.0145. The highest BCUT2D eigenvalue weighted by molar-refractivity contribution is 6.30. The van der Waals surface area contributed by atoms with Gasteiger partial charge in [0.1, 0.15) is 5.15 Å². The fraction of sp³-hybridized carbons (Fsp3) is 0.100. The summed E-state index contributed by atoms with van der Waals surface area (Å²) in [4.78, 5) is 14.3. The number of hydrogen-bond acceptors (Lipinski definition) is 3. The number of halogens is 1. The number of aromatic carboxylic acids is 1. The summed E-state index contributed by atoms with van der Waals surface area (Å²) in [5, 5.41) is 17.1. The number of rotatable bonds is 1. The van der Waals surface area contributed by atoms with E-state index < -0.39 is 5.97 Å². The molecular weight excluding hydrogens is 216 g/mol. The number of pyridine rings is 1. The predicted molar refractivity (Wildman–Crippen MR) is 53.3 cm³/mol. The van der Waals surface area contributed by atoms with Crippen LogP contribution in [0.25, 0.3) is 0 Å². The summed E-state index contributed by atoms with van der Waals surface area (Å²) < 4.78 is 0. The van der Waals surface area contributed by atoms with E-state index in [0.717, 1.165) is 6.20 Å². The van der Waals surface area contributed by atoms with Gasteiger partial charge in [0.25, 0.3) is 0 Å². The second kappa shape index (κ2) is 4.99. The standard InChI is InChI=1S/C10H5ClN2O2/c11-9-7(3-1-2-4-12)5-8(6-13-9)10(14)15/h5-6H,2H2,(H,14,15). The summed E-state index contributed by atoms with van der Waals surface area (Å²) in [7, 11) is 0. The van der Waals surface area contributed by atoms with Gasteiger partial charge < -0.3 is 5.11 Å². The molecule has 0 aliphatic rings. The smallest absolute Gasteiger partial charge is 0.337 e. The zero-order valence-corrected chi connectivity index (χ0v) is 8.25. The van der Waals surface area contributed by atoms with Crippen molar-refractivity contribution in [1.82, 2.24) is 4.98 Å². The number of hydrogen-bond donors (Lipinski definition) is 1. The third kappa shape index (κ3) is 2.98. The van der Waals surface area contributed by atoms with Crippen LogP contribution in [-0.4, -0.2) is 16.1 Å². The first-order valence-electron chi connectivity index (χ1n) is 3.90. The monoisotopic (exact) mass is 220 g/mol. The van der Waals surface area contributed by atoms with E-state index in [1.165, 1.54) is 6.07 Å². The van der Waals surface area contributed by atoms with E-state index in [4.69, 9.17) is 22.0 Å². The lowest BCUT2D eigenvalue weighted by Crippen LogP contribution is -1.98. The number of carbonyl (C=O) groups is 1. The van der Waals surface area contributed by atoms with E-state index in [1.54, 1.807) is 0 Å². The quantitative estimate of drug-likeness (QED) is 0.577. The molecule has 0 fully saturated rings. The van der Waals surface area contributed by atoms with E-state index in [2.05, 4.69) is 16.8 Å². The number of nitriles is 1. The maximum Gasteiger partial charge on any atom is 0.337 e. The summed E-state index contributed by atoms with van der Waals surface area (Å²) in [6, 6.07) is 3.16. The highest BCUT2D eigenvalue weighted by Crippen LogP contribution is 2.13. The van der Waals surface area contributed by atoms with Gasteiger partial charge in [-0.05, 0) is 6.07 Å². The molecular formula is C10H5ClN2O2. The molecule has 15 heavy (non-hydrogen) atoms. The molecule has 0 aliphatic heterocycles. The van der Waals surface area contributed by atoms with Crippen molar-refractivity contribution in [1.29, 1.82) is 5.26 Å². The third-order valence-corrected chi connectivity index (χ3v) is 1.78. The Hall–Kier alpha value is -2.04. The van der Waals surface area contributed by atoms with Crippen LogP contribution < -0.4 is 0 Å². The third-order valence-electron chi connectivity index (χ3n) is 1.48. The molecule has 74 valence electrons. The molecule has 0 radical (unpaired) electrons. The van der Waals surface area contributed by atoms with Gasteiger partial charge in [0, 0.05) is 6.20 Å². The molecule has 0 aromatic carbocycles. The number of carboxylic acid groups (broad SMARTS) is 1. The number of carboxylic acids is 1. The van der Waals surface area contributed by atoms with E-state index in [9.17, 15) is 4.79 Å². The lowest BCUT2D eigenvalue weighted by atomic mass is 10.2. The maximum atomic E-state index is 10.6. The zero-order valence-electron chi connectivity index (χ0n) is 7.49. The molecule has 1 N–H and O–H groups in total. The Balaban J connectivity index is 3.08. The summed E-state index contributed by atoms with van der Waals surface area (Å²) in [5.41, 5.74) is 0.326. The van der Waals surface area contributed by atoms with Crippen LogP contribution in [0, 0.1) is 23.2 Å². The van der Waals surface area contributed by atoms with Gasteiger partial charge in [-0.3, -0.25) is 0 Å². The van der Waals surface area contributed by atoms with Crippen LogP contribution in [0.3, 0.4) is 0 Å². The molecule has 0 spiro atoms. The first kappa shape index (κ1) is 11.0. The molecule has 0 saturated heterocycles. The van der Waals surface area contributed by atoms with E-state index in [0.29, 0.717) is 5.56 Å². The van der Waals surface area contributed by atoms with Crippen molar-refractivity contribution in [2.24, 2.45) is 0 Å². The Bertz CT molecular complexity index is 494. The highest BCUT2D eigenvalue weighted by atomic mass is 35.5. The number of nitrogens with zero attached hydrogens (tertiary/aromatic N) is 2. The first-order valence-corrected chi connectivity index (χ1v) is 4.27. The zero-order chi connectivity index (χ0) is 11.3. The van der Waals surface area contributed by atoms with E-state index >= 15 is 0 Å². The van der Waals surface area contributed by atoms with Crippen LogP contribution >= 0.6 is 11.6 Å². The number of aromatic nitrogens is 1. The molecule has 1 aromatic heterocycles. The second-order valence-corrected chi connectivity index (χ2v) is 2.86. The van der Waals surface area contributed by atoms with Crippen LogP contribution in [0.15, 0.2) is 12.3 Å². The van der Waals surface area contributed by atoms with E-state index in [-0.39, 0.29) is 17.1 Å². The Labute approximate surface area is 91.1 Å². The lowest BCUT2D eigenvalue weighted by molar-refractivity contribution is 0.0696. The largest absolute Gasteiger partial charge is 0.478 e. The predicted octanol–water partition coefficient (Wildman–Crippen LogP) is 1.70. The van der Waals surface area contributed by atoms with Gasteiger partial charge >= 0.3 is 5.97 Å². The fourth-order valence-corrected chi connectivity index (χ4v) is 0.982.